The number of hydrogen-bond acceptors (Lipinski definition) is 5. The van der Waals surface area contributed by atoms with Gasteiger partial charge in [0.25, 0.3) is 0 Å². The number of carbonyl (C=O) groups is 1. The van der Waals surface area contributed by atoms with Gasteiger partial charge in [0.2, 0.25) is 5.09 Å². The lowest BCUT2D eigenvalue weighted by Crippen LogP contribution is -2.34. The average molecular weight is 441 g/mol. The van der Waals surface area contributed by atoms with E-state index < -0.39 is 21.5 Å². The molecule has 4 rings (SSSR count). The summed E-state index contributed by atoms with van der Waals surface area (Å²) in [7, 11) is 2.57. The number of carbonyl (C=O) groups excluding carboxylic acids is 1. The quantitative estimate of drug-likeness (QED) is 0.514. The number of urea groups is 1. The van der Waals surface area contributed by atoms with Crippen LogP contribution in [-0.4, -0.2) is 23.2 Å². The van der Waals surface area contributed by atoms with Gasteiger partial charge in [-0.1, -0.05) is 18.5 Å². The molecule has 1 aromatic heterocycles. The highest BCUT2D eigenvalue weighted by molar-refractivity contribution is 7.91. The zero-order valence-corrected chi connectivity index (χ0v) is 18.9. The Balaban J connectivity index is 1.60. The predicted molar refractivity (Wildman–Crippen MR) is 120 cm³/mol. The molecule has 1 heterocycles. The Morgan fingerprint density at radius 1 is 1.32 bits per heavy atom. The van der Waals surface area contributed by atoms with Gasteiger partial charge in [-0.15, -0.1) is 0 Å². The molecule has 2 amide bonds. The molecule has 1 aromatic carbocycles. The maximum absolute atomic E-state index is 12.9. The van der Waals surface area contributed by atoms with Gasteiger partial charge < -0.3 is 14.8 Å². The average Bonchev–Trinajstić information content (AvgIpc) is 3.17. The summed E-state index contributed by atoms with van der Waals surface area (Å²) in [6.45, 7) is 5.25. The van der Waals surface area contributed by atoms with E-state index in [1.807, 2.05) is 6.07 Å². The molecule has 0 aliphatic heterocycles. The van der Waals surface area contributed by atoms with Crippen LogP contribution in [0.3, 0.4) is 0 Å². The molecule has 2 radical (unpaired) electrons. The van der Waals surface area contributed by atoms with Crippen LogP contribution < -0.4 is 15.5 Å². The molecule has 4 N–H and O–H groups in total. The Morgan fingerprint density at radius 2 is 2.00 bits per heavy atom. The van der Waals surface area contributed by atoms with Crippen molar-refractivity contribution in [2.75, 3.05) is 5.32 Å². The Morgan fingerprint density at radius 3 is 2.61 bits per heavy atom. The SMILES string of the molecule is [B]c1cc([C@@H](C)C2CC2)c(NC(=O)NS(=N)(=O)c2cc(C(C)(C)O)co2)c2c1CCC2. The molecule has 2 aliphatic carbocycles. The van der Waals surface area contributed by atoms with E-state index >= 15 is 0 Å². The van der Waals surface area contributed by atoms with E-state index in [0.717, 1.165) is 59.9 Å². The summed E-state index contributed by atoms with van der Waals surface area (Å²) in [6.07, 6.45) is 6.23. The van der Waals surface area contributed by atoms with E-state index in [2.05, 4.69) is 17.0 Å². The molecule has 2 atom stereocenters. The summed E-state index contributed by atoms with van der Waals surface area (Å²) >= 11 is 0. The standard InChI is InChI=1S/C22H28BN3O4S/c1-12(13-7-8-13)17-10-18(23)15-5-4-6-16(15)20(17)25-21(27)26-31(24,29)19-9-14(11-30-19)22(2,3)28/h9-13,28H,4-8H2,1-3H3,(H3,24,25,26,27,29)/t12-,31?/m0/s1. The second-order valence-electron chi connectivity index (χ2n) is 9.19. The highest BCUT2D eigenvalue weighted by atomic mass is 32.2. The van der Waals surface area contributed by atoms with Crippen LogP contribution in [0.1, 0.15) is 68.2 Å². The number of aliphatic hydroxyl groups is 1. The second kappa shape index (κ2) is 7.71. The van der Waals surface area contributed by atoms with E-state index in [4.69, 9.17) is 17.0 Å². The van der Waals surface area contributed by atoms with Crippen LogP contribution in [0.5, 0.6) is 0 Å². The third-order valence-electron chi connectivity index (χ3n) is 6.33. The van der Waals surface area contributed by atoms with Crippen LogP contribution in [0.25, 0.3) is 0 Å². The third kappa shape index (κ3) is 4.39. The van der Waals surface area contributed by atoms with Gasteiger partial charge in [-0.25, -0.2) is 18.5 Å². The molecule has 0 bridgehead atoms. The van der Waals surface area contributed by atoms with Gasteiger partial charge in [-0.3, -0.25) is 0 Å². The number of hydrogen-bond donors (Lipinski definition) is 4. The van der Waals surface area contributed by atoms with Gasteiger partial charge in [-0.2, -0.15) is 0 Å². The monoisotopic (exact) mass is 441 g/mol. The van der Waals surface area contributed by atoms with Gasteiger partial charge in [0.15, 0.2) is 9.92 Å². The molecule has 0 saturated heterocycles. The highest BCUT2D eigenvalue weighted by Gasteiger charge is 2.33. The van der Waals surface area contributed by atoms with E-state index in [9.17, 15) is 14.1 Å². The fraction of sp³-hybridized carbons (Fsp3) is 0.500. The first-order valence-corrected chi connectivity index (χ1v) is 12.2. The van der Waals surface area contributed by atoms with Crippen molar-refractivity contribution in [1.82, 2.24) is 4.72 Å². The fourth-order valence-electron chi connectivity index (χ4n) is 4.30. The van der Waals surface area contributed by atoms with Crippen LogP contribution in [-0.2, 0) is 28.4 Å². The van der Waals surface area contributed by atoms with E-state index in [-0.39, 0.29) is 11.0 Å². The minimum atomic E-state index is -3.74. The van der Waals surface area contributed by atoms with Crippen LogP contribution in [0, 0.1) is 10.7 Å². The summed E-state index contributed by atoms with van der Waals surface area (Å²) in [5, 5.41) is 12.7. The van der Waals surface area contributed by atoms with E-state index in [0.29, 0.717) is 11.5 Å². The molecule has 1 fully saturated rings. The Kier molecular flexibility index (Phi) is 5.46. The molecule has 7 nitrogen and oxygen atoms in total. The number of amides is 2. The van der Waals surface area contributed by atoms with Crippen LogP contribution >= 0.6 is 0 Å². The third-order valence-corrected chi connectivity index (χ3v) is 7.58. The molecule has 9 heteroatoms. The van der Waals surface area contributed by atoms with Crippen molar-refractivity contribution in [2.24, 2.45) is 5.92 Å². The lowest BCUT2D eigenvalue weighted by Gasteiger charge is -2.22. The summed E-state index contributed by atoms with van der Waals surface area (Å²) in [5.74, 6) is 0.828. The van der Waals surface area contributed by atoms with Gasteiger partial charge in [0.1, 0.15) is 7.85 Å². The molecule has 1 saturated carbocycles. The molecular weight excluding hydrogens is 413 g/mol. The lowest BCUT2D eigenvalue weighted by atomic mass is 9.82. The van der Waals surface area contributed by atoms with Crippen molar-refractivity contribution in [1.29, 1.82) is 4.78 Å². The zero-order chi connectivity index (χ0) is 22.6. The van der Waals surface area contributed by atoms with Crippen molar-refractivity contribution in [3.05, 3.63) is 40.6 Å². The first-order chi connectivity index (χ1) is 14.5. The van der Waals surface area contributed by atoms with Crippen LogP contribution in [0.4, 0.5) is 10.5 Å². The molecular formula is C22H28BN3O4S. The number of rotatable bonds is 6. The maximum Gasteiger partial charge on any atom is 0.332 e. The molecule has 2 aliphatic rings. The largest absolute Gasteiger partial charge is 0.452 e. The first-order valence-electron chi connectivity index (χ1n) is 10.6. The van der Waals surface area contributed by atoms with Crippen molar-refractivity contribution in [3.63, 3.8) is 0 Å². The van der Waals surface area contributed by atoms with Crippen molar-refractivity contribution < 1.29 is 18.5 Å². The Labute approximate surface area is 184 Å². The van der Waals surface area contributed by atoms with Gasteiger partial charge in [0.05, 0.1) is 11.9 Å². The number of benzene rings is 1. The predicted octanol–water partition coefficient (Wildman–Crippen LogP) is 3.45. The van der Waals surface area contributed by atoms with Crippen molar-refractivity contribution in [2.45, 2.75) is 69.5 Å². The first kappa shape index (κ1) is 22.0. The molecule has 164 valence electrons. The number of fused-ring (bicyclic) bond motifs is 1. The fourth-order valence-corrected chi connectivity index (χ4v) is 5.19. The highest BCUT2D eigenvalue weighted by Crippen LogP contribution is 2.46. The molecule has 1 unspecified atom stereocenters. The van der Waals surface area contributed by atoms with Crippen LogP contribution in [0.2, 0.25) is 0 Å². The second-order valence-corrected chi connectivity index (χ2v) is 10.9. The smallest absolute Gasteiger partial charge is 0.332 e. The molecule has 31 heavy (non-hydrogen) atoms. The lowest BCUT2D eigenvalue weighted by molar-refractivity contribution is 0.0779. The topological polar surface area (TPSA) is 115 Å². The minimum Gasteiger partial charge on any atom is -0.452 e. The van der Waals surface area contributed by atoms with Crippen molar-refractivity contribution in [3.8, 4) is 0 Å². The summed E-state index contributed by atoms with van der Waals surface area (Å²) < 4.78 is 28.5. The van der Waals surface area contributed by atoms with Crippen molar-refractivity contribution >= 4 is 34.9 Å². The van der Waals surface area contributed by atoms with E-state index in [1.54, 1.807) is 13.8 Å². The molecule has 2 aromatic rings. The van der Waals surface area contributed by atoms with Gasteiger partial charge >= 0.3 is 6.03 Å². The van der Waals surface area contributed by atoms with Gasteiger partial charge in [0, 0.05) is 17.3 Å². The minimum absolute atomic E-state index is 0.214. The number of nitrogens with one attached hydrogen (secondary N) is 3. The summed E-state index contributed by atoms with van der Waals surface area (Å²) in [6, 6.07) is 2.56. The molecule has 0 spiro atoms. The normalized spacial score (nSPS) is 18.8. The number of furan rings is 1. The maximum atomic E-state index is 12.9. The van der Waals surface area contributed by atoms with E-state index in [1.165, 1.54) is 12.3 Å². The van der Waals surface area contributed by atoms with Gasteiger partial charge in [-0.05, 0) is 74.5 Å². The Bertz CT molecular complexity index is 1130. The Hall–Kier alpha value is -2.26. The summed E-state index contributed by atoms with van der Waals surface area (Å²) in [4.78, 5) is 12.8. The van der Waals surface area contributed by atoms with Crippen LogP contribution in [0.15, 0.2) is 27.9 Å². The number of anilines is 1. The summed E-state index contributed by atoms with van der Waals surface area (Å²) in [5.41, 5.74) is 3.75. The zero-order valence-electron chi connectivity index (χ0n) is 18.1.